The minimum atomic E-state index is -3.32. The maximum Gasteiger partial charge on any atom is 0.251 e. The van der Waals surface area contributed by atoms with Crippen LogP contribution in [0.4, 0.5) is 5.69 Å². The average molecular weight is 486 g/mol. The SMILES string of the molecule is Cc1cccc(C(=O)NC(CCS(C)(=O)=O)C(=O)N2CCC(C(=O)Nc3ccccc3)CC2)c1. The Morgan fingerprint density at radius 3 is 2.32 bits per heavy atom. The lowest BCUT2D eigenvalue weighted by molar-refractivity contribution is -0.136. The minimum Gasteiger partial charge on any atom is -0.341 e. The van der Waals surface area contributed by atoms with Gasteiger partial charge >= 0.3 is 0 Å². The molecule has 0 bridgehead atoms. The van der Waals surface area contributed by atoms with E-state index < -0.39 is 21.8 Å². The van der Waals surface area contributed by atoms with E-state index in [1.54, 1.807) is 23.1 Å². The van der Waals surface area contributed by atoms with E-state index in [1.807, 2.05) is 43.3 Å². The van der Waals surface area contributed by atoms with Gasteiger partial charge in [-0.2, -0.15) is 0 Å². The molecule has 1 fully saturated rings. The molecule has 34 heavy (non-hydrogen) atoms. The number of rotatable bonds is 8. The topological polar surface area (TPSA) is 113 Å². The molecule has 1 heterocycles. The molecule has 182 valence electrons. The molecule has 0 saturated carbocycles. The molecular weight excluding hydrogens is 454 g/mol. The van der Waals surface area contributed by atoms with Crippen LogP contribution in [0, 0.1) is 12.8 Å². The van der Waals surface area contributed by atoms with Gasteiger partial charge in [-0.05, 0) is 50.5 Å². The number of likely N-dealkylation sites (tertiary alicyclic amines) is 1. The van der Waals surface area contributed by atoms with Crippen molar-refractivity contribution >= 4 is 33.2 Å². The van der Waals surface area contributed by atoms with Gasteiger partial charge in [0.25, 0.3) is 5.91 Å². The zero-order valence-corrected chi connectivity index (χ0v) is 20.3. The molecule has 2 aromatic carbocycles. The number of anilines is 1. The average Bonchev–Trinajstić information content (AvgIpc) is 2.81. The zero-order valence-electron chi connectivity index (χ0n) is 19.5. The maximum absolute atomic E-state index is 13.2. The summed E-state index contributed by atoms with van der Waals surface area (Å²) in [5, 5.41) is 5.62. The van der Waals surface area contributed by atoms with Crippen molar-refractivity contribution in [3.05, 3.63) is 65.7 Å². The highest BCUT2D eigenvalue weighted by molar-refractivity contribution is 7.90. The van der Waals surface area contributed by atoms with Gasteiger partial charge in [-0.1, -0.05) is 35.9 Å². The fraction of sp³-hybridized carbons (Fsp3) is 0.400. The lowest BCUT2D eigenvalue weighted by atomic mass is 9.95. The van der Waals surface area contributed by atoms with Crippen molar-refractivity contribution in [1.82, 2.24) is 10.2 Å². The van der Waals surface area contributed by atoms with Crippen molar-refractivity contribution in [3.63, 3.8) is 0 Å². The number of sulfone groups is 1. The summed E-state index contributed by atoms with van der Waals surface area (Å²) >= 11 is 0. The summed E-state index contributed by atoms with van der Waals surface area (Å²) in [5.41, 5.74) is 2.04. The first-order valence-electron chi connectivity index (χ1n) is 11.3. The Balaban J connectivity index is 1.62. The van der Waals surface area contributed by atoms with E-state index in [4.69, 9.17) is 0 Å². The summed E-state index contributed by atoms with van der Waals surface area (Å²) in [6.45, 7) is 2.59. The summed E-state index contributed by atoms with van der Waals surface area (Å²) in [6, 6.07) is 15.2. The molecule has 9 heteroatoms. The van der Waals surface area contributed by atoms with E-state index in [9.17, 15) is 22.8 Å². The van der Waals surface area contributed by atoms with Crippen LogP contribution in [0.15, 0.2) is 54.6 Å². The van der Waals surface area contributed by atoms with E-state index in [-0.39, 0.29) is 29.9 Å². The highest BCUT2D eigenvalue weighted by Gasteiger charge is 2.32. The largest absolute Gasteiger partial charge is 0.341 e. The minimum absolute atomic E-state index is 0.0103. The van der Waals surface area contributed by atoms with Crippen molar-refractivity contribution in [2.75, 3.05) is 30.4 Å². The summed E-state index contributed by atoms with van der Waals surface area (Å²) in [7, 11) is -3.32. The number of nitrogens with one attached hydrogen (secondary N) is 2. The molecule has 1 unspecified atom stereocenters. The lowest BCUT2D eigenvalue weighted by Gasteiger charge is -2.34. The van der Waals surface area contributed by atoms with Crippen molar-refractivity contribution in [3.8, 4) is 0 Å². The number of para-hydroxylation sites is 1. The molecule has 1 aliphatic heterocycles. The number of amides is 3. The van der Waals surface area contributed by atoms with E-state index >= 15 is 0 Å². The van der Waals surface area contributed by atoms with Gasteiger partial charge in [0.1, 0.15) is 15.9 Å². The summed E-state index contributed by atoms with van der Waals surface area (Å²) in [4.78, 5) is 40.2. The first-order valence-corrected chi connectivity index (χ1v) is 13.4. The Bertz CT molecular complexity index is 1130. The molecule has 0 spiro atoms. The monoisotopic (exact) mass is 485 g/mol. The standard InChI is InChI=1S/C25H31N3O5S/c1-18-7-6-8-20(17-18)24(30)27-22(13-16-34(2,32)33)25(31)28-14-11-19(12-15-28)23(29)26-21-9-4-3-5-10-21/h3-10,17,19,22H,11-16H2,1-2H3,(H,26,29)(H,27,30). The van der Waals surface area contributed by atoms with E-state index in [0.29, 0.717) is 31.5 Å². The highest BCUT2D eigenvalue weighted by Crippen LogP contribution is 2.21. The molecule has 2 aromatic rings. The molecule has 0 radical (unpaired) electrons. The molecule has 1 atom stereocenters. The third kappa shape index (κ3) is 7.41. The molecule has 2 N–H and O–H groups in total. The van der Waals surface area contributed by atoms with Gasteiger partial charge in [0, 0.05) is 36.5 Å². The lowest BCUT2D eigenvalue weighted by Crippen LogP contribution is -2.52. The molecule has 1 aliphatic rings. The van der Waals surface area contributed by atoms with Gasteiger partial charge in [0.05, 0.1) is 5.75 Å². The van der Waals surface area contributed by atoms with Gasteiger partial charge in [-0.25, -0.2) is 8.42 Å². The van der Waals surface area contributed by atoms with Crippen molar-refractivity contribution in [1.29, 1.82) is 0 Å². The second-order valence-electron chi connectivity index (χ2n) is 8.77. The molecule has 0 aliphatic carbocycles. The zero-order chi connectivity index (χ0) is 24.7. The third-order valence-corrected chi connectivity index (χ3v) is 6.86. The van der Waals surface area contributed by atoms with Gasteiger partial charge in [-0.15, -0.1) is 0 Å². The molecule has 0 aromatic heterocycles. The number of hydrogen-bond donors (Lipinski definition) is 2. The van der Waals surface area contributed by atoms with Crippen molar-refractivity contribution in [2.45, 2.75) is 32.2 Å². The summed E-state index contributed by atoms with van der Waals surface area (Å²) in [5.74, 6) is -1.27. The predicted octanol–water partition coefficient (Wildman–Crippen LogP) is 2.41. The number of benzene rings is 2. The molecule has 3 amide bonds. The molecule has 1 saturated heterocycles. The number of carbonyl (C=O) groups is 3. The number of aryl methyl sites for hydroxylation is 1. The normalized spacial score (nSPS) is 15.4. The van der Waals surface area contributed by atoms with Crippen LogP contribution >= 0.6 is 0 Å². The van der Waals surface area contributed by atoms with Crippen LogP contribution in [0.1, 0.15) is 35.2 Å². The summed E-state index contributed by atoms with van der Waals surface area (Å²) in [6.07, 6.45) is 2.08. The quantitative estimate of drug-likeness (QED) is 0.596. The summed E-state index contributed by atoms with van der Waals surface area (Å²) < 4.78 is 23.4. The van der Waals surface area contributed by atoms with Crippen LogP contribution in [0.3, 0.4) is 0 Å². The van der Waals surface area contributed by atoms with Crippen LogP contribution in [0.5, 0.6) is 0 Å². The smallest absolute Gasteiger partial charge is 0.251 e. The number of nitrogens with zero attached hydrogens (tertiary/aromatic N) is 1. The fourth-order valence-corrected chi connectivity index (χ4v) is 4.63. The number of piperidine rings is 1. The molecule has 8 nitrogen and oxygen atoms in total. The Labute approximate surface area is 200 Å². The van der Waals surface area contributed by atoms with Gasteiger partial charge in [-0.3, -0.25) is 14.4 Å². The van der Waals surface area contributed by atoms with E-state index in [0.717, 1.165) is 17.5 Å². The maximum atomic E-state index is 13.2. The van der Waals surface area contributed by atoms with E-state index in [1.165, 1.54) is 0 Å². The van der Waals surface area contributed by atoms with E-state index in [2.05, 4.69) is 10.6 Å². The van der Waals surface area contributed by atoms with Crippen LogP contribution in [-0.2, 0) is 19.4 Å². The van der Waals surface area contributed by atoms with Crippen LogP contribution < -0.4 is 10.6 Å². The van der Waals surface area contributed by atoms with Crippen LogP contribution in [0.2, 0.25) is 0 Å². The van der Waals surface area contributed by atoms with Crippen molar-refractivity contribution < 1.29 is 22.8 Å². The van der Waals surface area contributed by atoms with Crippen molar-refractivity contribution in [2.24, 2.45) is 5.92 Å². The first kappa shape index (κ1) is 25.4. The second kappa shape index (κ2) is 11.3. The highest BCUT2D eigenvalue weighted by atomic mass is 32.2. The van der Waals surface area contributed by atoms with Crippen LogP contribution in [0.25, 0.3) is 0 Å². The predicted molar refractivity (Wildman–Crippen MR) is 131 cm³/mol. The fourth-order valence-electron chi connectivity index (χ4n) is 3.97. The molecule has 3 rings (SSSR count). The Kier molecular flexibility index (Phi) is 8.44. The first-order chi connectivity index (χ1) is 16.1. The second-order valence-corrected chi connectivity index (χ2v) is 11.0. The number of hydrogen-bond acceptors (Lipinski definition) is 5. The Morgan fingerprint density at radius 1 is 1.03 bits per heavy atom. The van der Waals surface area contributed by atoms with Gasteiger partial charge in [0.2, 0.25) is 11.8 Å². The molecular formula is C25H31N3O5S. The Morgan fingerprint density at radius 2 is 1.71 bits per heavy atom. The number of carbonyl (C=O) groups excluding carboxylic acids is 3. The van der Waals surface area contributed by atoms with Gasteiger partial charge < -0.3 is 15.5 Å². The Hall–Kier alpha value is -3.20. The third-order valence-electron chi connectivity index (χ3n) is 5.88. The van der Waals surface area contributed by atoms with Gasteiger partial charge in [0.15, 0.2) is 0 Å². The van der Waals surface area contributed by atoms with Crippen LogP contribution in [-0.4, -0.2) is 62.2 Å².